The van der Waals surface area contributed by atoms with Crippen LogP contribution in [-0.4, -0.2) is 39.6 Å². The summed E-state index contributed by atoms with van der Waals surface area (Å²) in [6.45, 7) is 3.73. The molecule has 1 fully saturated rings. The van der Waals surface area contributed by atoms with Crippen molar-refractivity contribution in [2.45, 2.75) is 32.4 Å². The first-order chi connectivity index (χ1) is 13.6. The fraction of sp³-hybridized carbons (Fsp3) is 0.350. The number of nitrogen functional groups attached to an aromatic ring is 1. The van der Waals surface area contributed by atoms with Crippen LogP contribution in [0.5, 0.6) is 0 Å². The van der Waals surface area contributed by atoms with E-state index < -0.39 is 6.09 Å². The highest BCUT2D eigenvalue weighted by Gasteiger charge is 2.25. The number of carbonyl (C=O) groups is 1. The highest BCUT2D eigenvalue weighted by molar-refractivity contribution is 5.71. The highest BCUT2D eigenvalue weighted by Crippen LogP contribution is 2.25. The molecule has 3 aromatic rings. The van der Waals surface area contributed by atoms with Crippen molar-refractivity contribution in [2.75, 3.05) is 23.7 Å². The summed E-state index contributed by atoms with van der Waals surface area (Å²) in [7, 11) is 0. The van der Waals surface area contributed by atoms with E-state index in [0.717, 1.165) is 42.1 Å². The summed E-state index contributed by atoms with van der Waals surface area (Å²) >= 11 is 0. The second kappa shape index (κ2) is 7.75. The van der Waals surface area contributed by atoms with Gasteiger partial charge in [0.2, 0.25) is 5.95 Å². The zero-order chi connectivity index (χ0) is 19.5. The van der Waals surface area contributed by atoms with Crippen LogP contribution >= 0.6 is 0 Å². The van der Waals surface area contributed by atoms with Crippen molar-refractivity contribution in [3.63, 3.8) is 0 Å². The molecule has 1 amide bonds. The van der Waals surface area contributed by atoms with Gasteiger partial charge in [-0.2, -0.15) is 0 Å². The predicted octanol–water partition coefficient (Wildman–Crippen LogP) is 2.52. The number of benzene rings is 1. The zero-order valence-electron chi connectivity index (χ0n) is 15.8. The van der Waals surface area contributed by atoms with Crippen molar-refractivity contribution in [1.82, 2.24) is 19.7 Å². The van der Waals surface area contributed by atoms with Gasteiger partial charge in [0.1, 0.15) is 17.9 Å². The molecule has 2 aromatic heterocycles. The molecule has 0 radical (unpaired) electrons. The number of amides is 1. The lowest BCUT2D eigenvalue weighted by atomic mass is 10.1. The smallest absolute Gasteiger partial charge is 0.407 e. The maximum Gasteiger partial charge on any atom is 0.407 e. The van der Waals surface area contributed by atoms with E-state index in [2.05, 4.69) is 20.2 Å². The second-order valence-corrected chi connectivity index (χ2v) is 7.02. The Hall–Kier alpha value is -3.29. The van der Waals surface area contributed by atoms with Crippen LogP contribution in [0.4, 0.5) is 16.6 Å². The molecule has 0 saturated carbocycles. The van der Waals surface area contributed by atoms with Crippen LogP contribution in [0.3, 0.4) is 0 Å². The lowest BCUT2D eigenvalue weighted by Gasteiger charge is -2.33. The Morgan fingerprint density at radius 2 is 2.18 bits per heavy atom. The summed E-state index contributed by atoms with van der Waals surface area (Å²) in [5.41, 5.74) is 8.65. The Labute approximate surface area is 163 Å². The number of piperidine rings is 1. The minimum atomic E-state index is -0.395. The quantitative estimate of drug-likeness (QED) is 0.722. The molecule has 8 heteroatoms. The van der Waals surface area contributed by atoms with Gasteiger partial charge >= 0.3 is 6.09 Å². The normalized spacial score (nSPS) is 16.9. The predicted molar refractivity (Wildman–Crippen MR) is 107 cm³/mol. The molecule has 146 valence electrons. The first-order valence-electron chi connectivity index (χ1n) is 9.43. The Bertz CT molecular complexity index is 971. The lowest BCUT2D eigenvalue weighted by molar-refractivity contribution is 0.134. The lowest BCUT2D eigenvalue weighted by Crippen LogP contribution is -2.48. The van der Waals surface area contributed by atoms with Gasteiger partial charge in [-0.3, -0.25) is 4.40 Å². The number of anilines is 2. The van der Waals surface area contributed by atoms with E-state index in [4.69, 9.17) is 10.5 Å². The average Bonchev–Trinajstić information content (AvgIpc) is 3.05. The van der Waals surface area contributed by atoms with Crippen molar-refractivity contribution in [1.29, 1.82) is 0 Å². The third-order valence-corrected chi connectivity index (χ3v) is 4.98. The van der Waals surface area contributed by atoms with E-state index in [1.165, 1.54) is 0 Å². The van der Waals surface area contributed by atoms with Gasteiger partial charge in [-0.25, -0.2) is 14.8 Å². The Morgan fingerprint density at radius 1 is 1.36 bits per heavy atom. The van der Waals surface area contributed by atoms with Crippen LogP contribution in [-0.2, 0) is 11.3 Å². The number of aryl methyl sites for hydroxylation is 1. The maximum absolute atomic E-state index is 12.2. The van der Waals surface area contributed by atoms with Gasteiger partial charge in [0, 0.05) is 31.5 Å². The van der Waals surface area contributed by atoms with E-state index in [1.54, 1.807) is 6.20 Å². The van der Waals surface area contributed by atoms with Gasteiger partial charge in [0.25, 0.3) is 0 Å². The second-order valence-electron chi connectivity index (χ2n) is 7.02. The Kier molecular flexibility index (Phi) is 5.01. The number of hydrogen-bond donors (Lipinski definition) is 2. The van der Waals surface area contributed by atoms with Crippen LogP contribution in [0, 0.1) is 6.92 Å². The van der Waals surface area contributed by atoms with Crippen molar-refractivity contribution >= 4 is 23.4 Å². The number of fused-ring (bicyclic) bond motifs is 1. The van der Waals surface area contributed by atoms with E-state index in [0.29, 0.717) is 12.4 Å². The van der Waals surface area contributed by atoms with Gasteiger partial charge in [0.15, 0.2) is 0 Å². The molecule has 0 aliphatic carbocycles. The number of rotatable bonds is 4. The van der Waals surface area contributed by atoms with Gasteiger partial charge in [-0.15, -0.1) is 0 Å². The summed E-state index contributed by atoms with van der Waals surface area (Å²) < 4.78 is 7.31. The SMILES string of the molecule is Cc1nc(N2CCC[C@@H](NC(=O)OCc3ccccc3)C2)n2ccnc(N)c12. The first-order valence-corrected chi connectivity index (χ1v) is 9.43. The number of ether oxygens (including phenoxy) is 1. The molecular formula is C20H24N6O2. The Morgan fingerprint density at radius 3 is 3.00 bits per heavy atom. The number of nitrogens with two attached hydrogens (primary N) is 1. The molecule has 3 heterocycles. The largest absolute Gasteiger partial charge is 0.445 e. The number of carbonyl (C=O) groups excluding carboxylic acids is 1. The molecule has 1 aliphatic rings. The third kappa shape index (κ3) is 3.71. The number of nitrogens with zero attached hydrogens (tertiary/aromatic N) is 4. The zero-order valence-corrected chi connectivity index (χ0v) is 15.8. The number of nitrogens with one attached hydrogen (secondary N) is 1. The number of imidazole rings is 1. The molecule has 0 bridgehead atoms. The van der Waals surface area contributed by atoms with E-state index in [1.807, 2.05) is 47.9 Å². The summed E-state index contributed by atoms with van der Waals surface area (Å²) in [5.74, 6) is 1.29. The van der Waals surface area contributed by atoms with Gasteiger partial charge in [-0.05, 0) is 25.3 Å². The highest BCUT2D eigenvalue weighted by atomic mass is 16.5. The standard InChI is InChI=1S/C20H24N6O2/c1-14-17-18(21)22-9-11-26(17)19(23-14)25-10-5-8-16(12-25)24-20(27)28-13-15-6-3-2-4-7-15/h2-4,6-7,9,11,16H,5,8,10,12-13H2,1H3,(H2,21,22)(H,24,27)/t16-/m1/s1. The summed E-state index contributed by atoms with van der Waals surface area (Å²) in [5, 5.41) is 2.98. The maximum atomic E-state index is 12.2. The van der Waals surface area contributed by atoms with Crippen molar-refractivity contribution in [3.05, 3.63) is 54.0 Å². The number of aromatic nitrogens is 3. The molecule has 0 spiro atoms. The van der Waals surface area contributed by atoms with E-state index >= 15 is 0 Å². The molecule has 3 N–H and O–H groups in total. The number of hydrogen-bond acceptors (Lipinski definition) is 6. The van der Waals surface area contributed by atoms with Crippen molar-refractivity contribution in [2.24, 2.45) is 0 Å². The van der Waals surface area contributed by atoms with Crippen LogP contribution in [0.25, 0.3) is 5.52 Å². The van der Waals surface area contributed by atoms with Crippen molar-refractivity contribution in [3.8, 4) is 0 Å². The summed E-state index contributed by atoms with van der Waals surface area (Å²) in [6, 6.07) is 9.65. The molecule has 1 aliphatic heterocycles. The van der Waals surface area contributed by atoms with Crippen molar-refractivity contribution < 1.29 is 9.53 Å². The fourth-order valence-corrected chi connectivity index (χ4v) is 3.65. The number of alkyl carbamates (subject to hydrolysis) is 1. The van der Waals surface area contributed by atoms with Crippen LogP contribution < -0.4 is 16.0 Å². The van der Waals surface area contributed by atoms with Gasteiger partial charge < -0.3 is 20.7 Å². The minimum absolute atomic E-state index is 0.00358. The van der Waals surface area contributed by atoms with Crippen LogP contribution in [0.1, 0.15) is 24.1 Å². The van der Waals surface area contributed by atoms with Gasteiger partial charge in [0.05, 0.1) is 5.69 Å². The molecular weight excluding hydrogens is 356 g/mol. The van der Waals surface area contributed by atoms with E-state index in [9.17, 15) is 4.79 Å². The minimum Gasteiger partial charge on any atom is -0.445 e. The molecule has 1 saturated heterocycles. The molecule has 4 rings (SSSR count). The molecule has 0 unspecified atom stereocenters. The monoisotopic (exact) mass is 380 g/mol. The fourth-order valence-electron chi connectivity index (χ4n) is 3.65. The average molecular weight is 380 g/mol. The van der Waals surface area contributed by atoms with Crippen LogP contribution in [0.2, 0.25) is 0 Å². The molecule has 1 atom stereocenters. The third-order valence-electron chi connectivity index (χ3n) is 4.98. The summed E-state index contributed by atoms with van der Waals surface area (Å²) in [4.78, 5) is 23.2. The Balaban J connectivity index is 1.41. The van der Waals surface area contributed by atoms with E-state index in [-0.39, 0.29) is 12.6 Å². The summed E-state index contributed by atoms with van der Waals surface area (Å²) in [6.07, 6.45) is 5.01. The molecule has 8 nitrogen and oxygen atoms in total. The topological polar surface area (TPSA) is 97.8 Å². The van der Waals surface area contributed by atoms with Crippen LogP contribution in [0.15, 0.2) is 42.7 Å². The van der Waals surface area contributed by atoms with Gasteiger partial charge in [-0.1, -0.05) is 30.3 Å². The molecule has 28 heavy (non-hydrogen) atoms. The first kappa shape index (κ1) is 18.1. The molecule has 1 aromatic carbocycles.